The number of aryl methyl sites for hydroxylation is 1. The van der Waals surface area contributed by atoms with Gasteiger partial charge in [-0.25, -0.2) is 9.37 Å². The van der Waals surface area contributed by atoms with Crippen LogP contribution >= 0.6 is 34.5 Å². The fourth-order valence-electron chi connectivity index (χ4n) is 12.3. The molecular formula is C62H73Cl2FN8O10S. The molecule has 4 heterocycles. The predicted octanol–water partition coefficient (Wildman–Crippen LogP) is 7.87. The molecule has 0 unspecified atom stereocenters. The number of Topliss-reactive ketones (excluding diaryl/α,β-unsaturated/α-hetero) is 1. The largest absolute Gasteiger partial charge is 0.391 e. The summed E-state index contributed by atoms with van der Waals surface area (Å²) < 4.78 is 33.2. The molecule has 6 atom stereocenters. The molecule has 1 aromatic heterocycles. The number of carbonyl (C=O) groups excluding carboxylic acids is 6. The maximum atomic E-state index is 16.3. The molecule has 1 saturated carbocycles. The number of nitrogens with zero attached hydrogens (tertiary/aromatic N) is 2. The van der Waals surface area contributed by atoms with Crippen LogP contribution in [0.25, 0.3) is 10.4 Å². The maximum absolute atomic E-state index is 16.3. The quantitative estimate of drug-likeness (QED) is 0.0230. The highest BCUT2D eigenvalue weighted by molar-refractivity contribution is 7.13. The van der Waals surface area contributed by atoms with E-state index in [2.05, 4.69) is 36.9 Å². The van der Waals surface area contributed by atoms with E-state index >= 15 is 4.39 Å². The fraction of sp³-hybridized carbons (Fsp3) is 0.468. The van der Waals surface area contributed by atoms with Crippen LogP contribution in [0.4, 0.5) is 15.8 Å². The predicted molar refractivity (Wildman–Crippen MR) is 320 cm³/mol. The van der Waals surface area contributed by atoms with E-state index in [9.17, 15) is 33.9 Å². The Hall–Kier alpha value is -6.20. The van der Waals surface area contributed by atoms with Crippen LogP contribution in [0.15, 0.2) is 90.4 Å². The van der Waals surface area contributed by atoms with Gasteiger partial charge >= 0.3 is 0 Å². The molecule has 1 aliphatic carbocycles. The number of β-amino-alcohol motifs (C(OH)–C–C–N with tert-alkyl or cyclic N) is 1. The van der Waals surface area contributed by atoms with Gasteiger partial charge in [-0.3, -0.25) is 34.1 Å². The van der Waals surface area contributed by atoms with Crippen molar-refractivity contribution in [3.8, 4) is 10.4 Å². The van der Waals surface area contributed by atoms with Crippen LogP contribution in [-0.4, -0.2) is 139 Å². The lowest BCUT2D eigenvalue weighted by Gasteiger charge is -2.47. The third-order valence-electron chi connectivity index (χ3n) is 16.4. The average molecular weight is 1210 g/mol. The van der Waals surface area contributed by atoms with E-state index in [0.717, 1.165) is 41.0 Å². The Labute approximate surface area is 502 Å². The summed E-state index contributed by atoms with van der Waals surface area (Å²) >= 11 is 14.4. The van der Waals surface area contributed by atoms with Crippen LogP contribution < -0.4 is 31.9 Å². The molecule has 0 bridgehead atoms. The molecule has 5 aromatic rings. The first kappa shape index (κ1) is 62.3. The van der Waals surface area contributed by atoms with Crippen molar-refractivity contribution >= 4 is 81.2 Å². The number of amides is 5. The molecule has 448 valence electrons. The van der Waals surface area contributed by atoms with Crippen LogP contribution in [0, 0.1) is 18.2 Å². The summed E-state index contributed by atoms with van der Waals surface area (Å²) in [6.45, 7) is 9.58. The van der Waals surface area contributed by atoms with Gasteiger partial charge in [-0.1, -0.05) is 106 Å². The number of ether oxygens (including phenoxy) is 3. The summed E-state index contributed by atoms with van der Waals surface area (Å²) in [7, 11) is 0. The van der Waals surface area contributed by atoms with Crippen LogP contribution in [0.1, 0.15) is 104 Å². The Morgan fingerprint density at radius 2 is 1.60 bits per heavy atom. The van der Waals surface area contributed by atoms with Gasteiger partial charge in [0.05, 0.1) is 79.4 Å². The molecule has 4 aliphatic rings. The maximum Gasteiger partial charge on any atom is 0.246 e. The first-order valence-corrected chi connectivity index (χ1v) is 30.2. The molecule has 9 rings (SSSR count). The number of likely N-dealkylation sites (tertiary alicyclic amines) is 1. The van der Waals surface area contributed by atoms with E-state index < -0.39 is 70.1 Å². The highest BCUT2D eigenvalue weighted by Gasteiger charge is 2.72. The number of halogens is 3. The molecule has 3 aliphatic heterocycles. The first-order chi connectivity index (χ1) is 40.3. The summed E-state index contributed by atoms with van der Waals surface area (Å²) in [4.78, 5) is 89.7. The molecule has 84 heavy (non-hydrogen) atoms. The van der Waals surface area contributed by atoms with Crippen LogP contribution in [0.2, 0.25) is 10.0 Å². The summed E-state index contributed by atoms with van der Waals surface area (Å²) in [6.07, 6.45) is 2.93. The summed E-state index contributed by atoms with van der Waals surface area (Å²) in [5.74, 6) is -3.87. The number of ketones is 1. The van der Waals surface area contributed by atoms with E-state index in [-0.39, 0.29) is 80.5 Å². The van der Waals surface area contributed by atoms with Gasteiger partial charge in [0.1, 0.15) is 23.3 Å². The number of hydrogen-bond acceptors (Lipinski definition) is 14. The third kappa shape index (κ3) is 13.7. The van der Waals surface area contributed by atoms with Gasteiger partial charge in [-0.05, 0) is 89.9 Å². The van der Waals surface area contributed by atoms with E-state index in [1.807, 2.05) is 58.0 Å². The lowest BCUT2D eigenvalue weighted by molar-refractivity contribution is -0.144. The second-order valence-corrected chi connectivity index (χ2v) is 24.7. The Morgan fingerprint density at radius 3 is 2.29 bits per heavy atom. The molecule has 18 nitrogen and oxygen atoms in total. The lowest BCUT2D eigenvalue weighted by Crippen LogP contribution is -2.60. The molecule has 4 aromatic carbocycles. The number of nitrogens with one attached hydrogen (secondary N) is 6. The first-order valence-electron chi connectivity index (χ1n) is 28.6. The zero-order valence-electron chi connectivity index (χ0n) is 47.6. The van der Waals surface area contributed by atoms with Crippen molar-refractivity contribution in [1.82, 2.24) is 31.2 Å². The van der Waals surface area contributed by atoms with Gasteiger partial charge in [0.15, 0.2) is 5.78 Å². The summed E-state index contributed by atoms with van der Waals surface area (Å²) in [6, 6.07) is 21.3. The molecule has 2 spiro atoms. The Morgan fingerprint density at radius 1 is 0.893 bits per heavy atom. The molecule has 3 fully saturated rings. The van der Waals surface area contributed by atoms with Crippen molar-refractivity contribution in [3.05, 3.63) is 134 Å². The van der Waals surface area contributed by atoms with Crippen LogP contribution in [-0.2, 0) is 50.1 Å². The number of anilines is 2. The van der Waals surface area contributed by atoms with E-state index in [4.69, 9.17) is 37.4 Å². The number of aliphatic hydroxyl groups is 1. The summed E-state index contributed by atoms with van der Waals surface area (Å²) in [5, 5.41) is 29.4. The van der Waals surface area contributed by atoms with E-state index in [1.165, 1.54) is 11.0 Å². The van der Waals surface area contributed by atoms with Crippen molar-refractivity contribution < 1.29 is 52.5 Å². The number of hydrogen-bond donors (Lipinski definition) is 7. The van der Waals surface area contributed by atoms with Crippen molar-refractivity contribution in [1.29, 1.82) is 0 Å². The number of aromatic nitrogens is 1. The molecular weight excluding hydrogens is 1140 g/mol. The molecule has 2 saturated heterocycles. The standard InChI is InChI=1S/C62H73Cl2FN8O10S/c1-37-54(84-36-68-37)40-13-11-38(12-14-40)33-67-56(77)48-32-43(74)35-73(48)58(79)55(60(2,3)4)71-50(76)21-25-81-27-29-83-30-28-82-26-24-66-34-49(75)39-15-18-42(19-16-39)69-57(78)53-51(44-9-8-10-46(64)52(44)65)62(61(72-53)22-6-5-7-23-61)45-20-17-41(63)31-47(45)70-59(62)80/h8-20,31,36,43,48,51,53,55,66,72,74H,5-7,21-30,32-35H2,1-4H3,(H,67,77)(H,69,78)(H,70,80)(H,71,76)/t43-,48+,51+,53-,55-,62-/m1/s1. The Balaban J connectivity index is 0.659. The van der Waals surface area contributed by atoms with E-state index in [0.29, 0.717) is 66.7 Å². The topological polar surface area (TPSA) is 239 Å². The normalized spacial score (nSPS) is 21.1. The zero-order chi connectivity index (χ0) is 59.8. The molecule has 22 heteroatoms. The van der Waals surface area contributed by atoms with Crippen LogP contribution in [0.5, 0.6) is 0 Å². The number of fused-ring (bicyclic) bond motifs is 3. The van der Waals surface area contributed by atoms with Crippen LogP contribution in [0.3, 0.4) is 0 Å². The highest BCUT2D eigenvalue weighted by Crippen LogP contribution is 2.63. The highest BCUT2D eigenvalue weighted by atomic mass is 35.5. The summed E-state index contributed by atoms with van der Waals surface area (Å²) in [5.41, 5.74) is 3.89. The lowest BCUT2D eigenvalue weighted by atomic mass is 9.55. The minimum absolute atomic E-state index is 0.0113. The van der Waals surface area contributed by atoms with Crippen molar-refractivity contribution in [3.63, 3.8) is 0 Å². The molecule has 7 N–H and O–H groups in total. The minimum Gasteiger partial charge on any atom is -0.391 e. The van der Waals surface area contributed by atoms with Gasteiger partial charge < -0.3 is 50.8 Å². The number of aliphatic hydroxyl groups excluding tert-OH is 1. The van der Waals surface area contributed by atoms with Gasteiger partial charge in [-0.2, -0.15) is 0 Å². The van der Waals surface area contributed by atoms with Gasteiger partial charge in [0.2, 0.25) is 29.5 Å². The SMILES string of the molecule is Cc1ncsc1-c1ccc(CNC(=O)[C@@H]2C[C@@H](O)CN2C(=O)[C@@H](NC(=O)CCOCCOCCOCCNCC(=O)c2ccc(NC(=O)[C@@H]3NC4(CCCCC4)[C@@]4(C(=O)Nc5cc(Cl)ccc54)[C@H]3c3cccc(Cl)c3F)cc2)C(C)(C)C)cc1. The Bertz CT molecular complexity index is 3190. The van der Waals surface area contributed by atoms with Gasteiger partial charge in [-0.15, -0.1) is 11.3 Å². The second kappa shape index (κ2) is 27.4. The number of thiazole rings is 1. The monoisotopic (exact) mass is 1210 g/mol. The minimum atomic E-state index is -1.37. The van der Waals surface area contributed by atoms with Crippen molar-refractivity contribution in [2.45, 2.75) is 120 Å². The Kier molecular flexibility index (Phi) is 20.4. The van der Waals surface area contributed by atoms with Gasteiger partial charge in [0, 0.05) is 65.9 Å². The number of benzene rings is 4. The van der Waals surface area contributed by atoms with Gasteiger partial charge in [0.25, 0.3) is 0 Å². The average Bonchev–Trinajstić information content (AvgIpc) is 1.53. The smallest absolute Gasteiger partial charge is 0.246 e. The van der Waals surface area contributed by atoms with E-state index in [1.54, 1.807) is 65.4 Å². The number of carbonyl (C=O) groups is 6. The molecule has 5 amide bonds. The fourth-order valence-corrected chi connectivity index (χ4v) is 13.5. The second-order valence-electron chi connectivity index (χ2n) is 23.0. The third-order valence-corrected chi connectivity index (χ3v) is 17.9. The zero-order valence-corrected chi connectivity index (χ0v) is 50.0. The van der Waals surface area contributed by atoms with Crippen molar-refractivity contribution in [2.24, 2.45) is 5.41 Å². The molecule has 0 radical (unpaired) electrons. The number of rotatable bonds is 24. The van der Waals surface area contributed by atoms with Crippen molar-refractivity contribution in [2.75, 3.05) is 69.9 Å².